The quantitative estimate of drug-likeness (QED) is 0.0424. The Morgan fingerprint density at radius 2 is 0.984 bits per heavy atom. The highest BCUT2D eigenvalue weighted by atomic mass is 19.1. The lowest BCUT2D eigenvalue weighted by atomic mass is 9.94. The second-order valence-corrected chi connectivity index (χ2v) is 30.6. The standard InChI is InChI=1S/C28H31N5O3.C25H27FN4O.C21H27FN4O2.C19H21FN4O3.3H2/c1-33(21-8-5-4-6-9-21)27(34)23-18-31-28(32-26(23)20-14-12-19(16-29)13-15-20)30-17-22-24(35-2)10-7-11-25(22)36-3;1-17(2)30(16-19-8-4-3-5-9-19)24(31)21-15-28-25(27-14-18-12-13-18)29-23(21)20-10-6-7-11-22(20)26;1-26(15-8-4-3-5-9-15)20(27)17-14-24-21(23-12-13-28-2)25-19(17)16-10-6-7-11-18(16)22;20-16-4-2-1-3-14(16)17-15(18(25)23-5-9-26-10-6-23)13-21-19(22-17)24-7-11-27-12-8-24;;;/h7,10-15,18,21H,4-6,8-9,17H2,1-3H3,(H,30,31,32);3-11,15,17-18H,12-14,16H2,1-2H3,(H,27,28,29);6-7,10-11,14-15H,3-5,8-9,12-13H2,1-2H3,(H,23,24,25);1-4,13H,5-12H2;3*1H. The van der Waals surface area contributed by atoms with Crippen LogP contribution in [0, 0.1) is 34.7 Å². The summed E-state index contributed by atoms with van der Waals surface area (Å²) in [6.07, 6.45) is 19.5. The first kappa shape index (κ1) is 88.8. The second kappa shape index (κ2) is 44.1. The third-order valence-electron chi connectivity index (χ3n) is 22.1. The number of nitrogens with zero attached hydrogens (tertiary/aromatic N) is 14. The molecular weight excluding hydrogens is 1560 g/mol. The predicted octanol–water partition coefficient (Wildman–Crippen LogP) is 16.3. The number of hydrogen-bond donors (Lipinski definition) is 3. The van der Waals surface area contributed by atoms with E-state index in [4.69, 9.17) is 28.7 Å². The van der Waals surface area contributed by atoms with Crippen molar-refractivity contribution in [3.8, 4) is 62.6 Å². The Morgan fingerprint density at radius 1 is 0.525 bits per heavy atom. The molecule has 5 fully saturated rings. The molecule has 644 valence electrons. The molecule has 5 aliphatic rings. The first-order valence-electron chi connectivity index (χ1n) is 41.7. The van der Waals surface area contributed by atoms with Gasteiger partial charge in [-0.1, -0.05) is 123 Å². The first-order valence-corrected chi connectivity index (χ1v) is 41.7. The molecule has 3 N–H and O–H groups in total. The zero-order chi connectivity index (χ0) is 85.9. The number of hydrogen-bond acceptors (Lipinski definition) is 22. The Morgan fingerprint density at radius 3 is 1.48 bits per heavy atom. The number of methoxy groups -OCH3 is 3. The van der Waals surface area contributed by atoms with Crippen LogP contribution in [0.25, 0.3) is 45.0 Å². The highest BCUT2D eigenvalue weighted by Crippen LogP contribution is 2.36. The number of rotatable bonds is 26. The Kier molecular flexibility index (Phi) is 32.1. The van der Waals surface area contributed by atoms with Crippen LogP contribution in [0.3, 0.4) is 0 Å². The van der Waals surface area contributed by atoms with Crippen molar-refractivity contribution in [3.63, 3.8) is 0 Å². The minimum atomic E-state index is -0.418. The minimum Gasteiger partial charge on any atom is -0.496 e. The first-order chi connectivity index (χ1) is 59.4. The van der Waals surface area contributed by atoms with Crippen LogP contribution in [0.2, 0.25) is 0 Å². The summed E-state index contributed by atoms with van der Waals surface area (Å²) in [4.78, 5) is 98.3. The Labute approximate surface area is 715 Å². The molecular formula is C93H112F3N17O9. The average Bonchev–Trinajstić information content (AvgIpc) is 1.72. The predicted molar refractivity (Wildman–Crippen MR) is 468 cm³/mol. The maximum Gasteiger partial charge on any atom is 0.258 e. The zero-order valence-electron chi connectivity index (χ0n) is 70.2. The van der Waals surface area contributed by atoms with E-state index < -0.39 is 17.5 Å². The maximum atomic E-state index is 14.7. The fourth-order valence-electron chi connectivity index (χ4n) is 14.9. The van der Waals surface area contributed by atoms with E-state index in [0.717, 1.165) is 74.6 Å². The van der Waals surface area contributed by atoms with E-state index in [1.807, 2.05) is 98.4 Å². The van der Waals surface area contributed by atoms with Crippen molar-refractivity contribution in [3.05, 3.63) is 227 Å². The molecule has 0 radical (unpaired) electrons. The highest BCUT2D eigenvalue weighted by molar-refractivity contribution is 6.02. The molecule has 6 heterocycles. The van der Waals surface area contributed by atoms with Gasteiger partial charge in [-0.25, -0.2) is 53.0 Å². The van der Waals surface area contributed by atoms with Gasteiger partial charge in [0.1, 0.15) is 29.0 Å². The molecule has 3 saturated carbocycles. The highest BCUT2D eigenvalue weighted by Gasteiger charge is 2.32. The van der Waals surface area contributed by atoms with Crippen LogP contribution >= 0.6 is 0 Å². The number of carbonyl (C=O) groups is 4. The summed E-state index contributed by atoms with van der Waals surface area (Å²) < 4.78 is 70.3. The fourth-order valence-corrected chi connectivity index (χ4v) is 14.9. The van der Waals surface area contributed by atoms with Gasteiger partial charge in [0.05, 0.1) is 116 Å². The monoisotopic (exact) mass is 1670 g/mol. The number of anilines is 4. The van der Waals surface area contributed by atoms with Crippen LogP contribution in [0.15, 0.2) is 170 Å². The molecule has 0 atom stereocenters. The maximum absolute atomic E-state index is 14.7. The van der Waals surface area contributed by atoms with E-state index in [-0.39, 0.29) is 46.0 Å². The van der Waals surface area contributed by atoms with Crippen molar-refractivity contribution in [1.82, 2.24) is 59.5 Å². The van der Waals surface area contributed by atoms with Crippen LogP contribution < -0.4 is 30.3 Å². The minimum absolute atomic E-state index is 0. The van der Waals surface area contributed by atoms with Crippen LogP contribution in [-0.2, 0) is 27.3 Å². The van der Waals surface area contributed by atoms with Crippen molar-refractivity contribution in [1.29, 1.82) is 5.26 Å². The molecule has 3 aliphatic carbocycles. The van der Waals surface area contributed by atoms with Crippen molar-refractivity contribution in [2.24, 2.45) is 5.92 Å². The lowest BCUT2D eigenvalue weighted by molar-refractivity contribution is 0.0302. The molecule has 4 aromatic heterocycles. The normalized spacial score (nSPS) is 14.7. The largest absolute Gasteiger partial charge is 0.496 e. The third-order valence-corrected chi connectivity index (χ3v) is 22.1. The fraction of sp³-hybridized carbons (Fsp3) is 0.387. The number of morpholine rings is 2. The summed E-state index contributed by atoms with van der Waals surface area (Å²) >= 11 is 0. The Balaban J connectivity index is 0.000000188. The Hall–Kier alpha value is -12.5. The van der Waals surface area contributed by atoms with Crippen LogP contribution in [0.1, 0.15) is 153 Å². The lowest BCUT2D eigenvalue weighted by Crippen LogP contribution is -2.41. The van der Waals surface area contributed by atoms with Gasteiger partial charge in [-0.15, -0.1) is 0 Å². The average molecular weight is 1670 g/mol. The van der Waals surface area contributed by atoms with E-state index in [1.54, 1.807) is 109 Å². The number of nitriles is 1. The van der Waals surface area contributed by atoms with E-state index >= 15 is 0 Å². The van der Waals surface area contributed by atoms with Gasteiger partial charge in [-0.2, -0.15) is 5.26 Å². The van der Waals surface area contributed by atoms with Gasteiger partial charge in [0, 0.05) is 136 Å². The summed E-state index contributed by atoms with van der Waals surface area (Å²) in [6, 6.07) is 44.1. The number of aromatic nitrogens is 8. The van der Waals surface area contributed by atoms with Gasteiger partial charge >= 0.3 is 0 Å². The topological polar surface area (TPSA) is 294 Å². The molecule has 0 unspecified atom stereocenters. The summed E-state index contributed by atoms with van der Waals surface area (Å²) in [5.74, 6) is 1.70. The molecule has 2 aliphatic heterocycles. The Bertz CT molecular complexity index is 5190. The van der Waals surface area contributed by atoms with Gasteiger partial charge in [-0.05, 0) is 125 Å². The number of benzene rings is 6. The molecule has 26 nitrogen and oxygen atoms in total. The molecule has 4 amide bonds. The van der Waals surface area contributed by atoms with Gasteiger partial charge in [0.2, 0.25) is 23.8 Å². The van der Waals surface area contributed by atoms with E-state index in [1.165, 1.54) is 62.5 Å². The molecule has 6 aromatic carbocycles. The molecule has 122 heavy (non-hydrogen) atoms. The third kappa shape index (κ3) is 23.3. The molecule has 2 saturated heterocycles. The number of halogens is 3. The van der Waals surface area contributed by atoms with E-state index in [2.05, 4.69) is 56.9 Å². The van der Waals surface area contributed by atoms with Crippen LogP contribution in [-0.4, -0.2) is 209 Å². The molecule has 0 spiro atoms. The van der Waals surface area contributed by atoms with Crippen molar-refractivity contribution < 1.29 is 60.3 Å². The summed E-state index contributed by atoms with van der Waals surface area (Å²) in [7, 11) is 8.51. The van der Waals surface area contributed by atoms with E-state index in [9.17, 15) is 37.6 Å². The summed E-state index contributed by atoms with van der Waals surface area (Å²) in [5, 5.41) is 18.7. The van der Waals surface area contributed by atoms with Gasteiger partial charge in [-0.3, -0.25) is 19.2 Å². The zero-order valence-corrected chi connectivity index (χ0v) is 70.2. The second-order valence-electron chi connectivity index (χ2n) is 30.6. The van der Waals surface area contributed by atoms with Gasteiger partial charge < -0.3 is 64.1 Å². The van der Waals surface area contributed by atoms with Gasteiger partial charge in [0.25, 0.3) is 23.6 Å². The van der Waals surface area contributed by atoms with Crippen LogP contribution in [0.4, 0.5) is 37.0 Å². The smallest absolute Gasteiger partial charge is 0.258 e. The number of nitrogens with one attached hydrogen (secondary N) is 3. The summed E-state index contributed by atoms with van der Waals surface area (Å²) in [6.45, 7) is 11.0. The molecule has 15 rings (SSSR count). The van der Waals surface area contributed by atoms with Crippen molar-refractivity contribution in [2.45, 2.75) is 122 Å². The molecule has 0 bridgehead atoms. The number of amides is 4. The molecule has 29 heteroatoms. The van der Waals surface area contributed by atoms with Crippen molar-refractivity contribution in [2.75, 3.05) is 129 Å². The van der Waals surface area contributed by atoms with E-state index in [0.29, 0.717) is 187 Å². The van der Waals surface area contributed by atoms with Gasteiger partial charge in [0.15, 0.2) is 0 Å². The lowest BCUT2D eigenvalue weighted by Gasteiger charge is -2.31. The summed E-state index contributed by atoms with van der Waals surface area (Å²) in [5.41, 5.74) is 6.86. The number of ether oxygens (including phenoxy) is 5. The van der Waals surface area contributed by atoms with Crippen LogP contribution in [0.5, 0.6) is 11.5 Å². The van der Waals surface area contributed by atoms with Crippen molar-refractivity contribution >= 4 is 47.4 Å². The molecule has 10 aromatic rings. The SMILES string of the molecule is CC(C)N(Cc1ccccc1)C(=O)c1cnc(NCC2CC2)nc1-c1ccccc1F.COCCNc1ncc(C(=O)N(C)C2CCCCC2)c(-c2ccccc2F)n1.COc1cccc(OC)c1CNc1ncc(C(=O)N(C)C2CCCCC2)c(-c2ccc(C#N)cc2)n1.O=C(c1cnc(N2CCOCC2)nc1-c1ccccc1F)N1CCOCC1.[HH].[HH].[HH]. The number of carbonyl (C=O) groups excluding carboxylic acids is 4.